The van der Waals surface area contributed by atoms with Crippen LogP contribution in [-0.2, 0) is 16.0 Å². The van der Waals surface area contributed by atoms with Gasteiger partial charge in [-0.05, 0) is 0 Å². The second-order valence-corrected chi connectivity index (χ2v) is 3.47. The van der Waals surface area contributed by atoms with Gasteiger partial charge in [-0.15, -0.1) is 0 Å². The Hall–Kier alpha value is -1.40. The fourth-order valence-electron chi connectivity index (χ4n) is 1.10. The molecule has 0 fully saturated rings. The Morgan fingerprint density at radius 2 is 2.25 bits per heavy atom. The highest BCUT2D eigenvalue weighted by molar-refractivity contribution is 5.69. The SMILES string of the molecule is O=C(CCc1c[nH]cn1)OCC(CO)CO. The van der Waals surface area contributed by atoms with Crippen molar-refractivity contribution < 1.29 is 19.7 Å². The Balaban J connectivity index is 2.16. The molecule has 0 amide bonds. The van der Waals surface area contributed by atoms with Gasteiger partial charge >= 0.3 is 5.97 Å². The van der Waals surface area contributed by atoms with E-state index in [-0.39, 0.29) is 32.2 Å². The van der Waals surface area contributed by atoms with Crippen LogP contribution in [0.2, 0.25) is 0 Å². The van der Waals surface area contributed by atoms with Crippen LogP contribution in [0, 0.1) is 5.92 Å². The van der Waals surface area contributed by atoms with E-state index in [4.69, 9.17) is 14.9 Å². The normalized spacial score (nSPS) is 10.7. The van der Waals surface area contributed by atoms with Crippen LogP contribution in [0.3, 0.4) is 0 Å². The van der Waals surface area contributed by atoms with E-state index in [9.17, 15) is 4.79 Å². The number of carbonyl (C=O) groups excluding carboxylic acids is 1. The van der Waals surface area contributed by atoms with Crippen molar-refractivity contribution in [2.75, 3.05) is 19.8 Å². The lowest BCUT2D eigenvalue weighted by molar-refractivity contribution is -0.145. The molecule has 0 aliphatic rings. The average Bonchev–Trinajstić information content (AvgIpc) is 2.80. The summed E-state index contributed by atoms with van der Waals surface area (Å²) in [5.41, 5.74) is 0.804. The van der Waals surface area contributed by atoms with Crippen molar-refractivity contribution in [3.05, 3.63) is 18.2 Å². The van der Waals surface area contributed by atoms with Gasteiger partial charge in [-0.25, -0.2) is 4.98 Å². The highest BCUT2D eigenvalue weighted by Crippen LogP contribution is 2.01. The number of aliphatic hydroxyl groups is 2. The number of imidazole rings is 1. The number of rotatable bonds is 7. The van der Waals surface area contributed by atoms with E-state index < -0.39 is 5.92 Å². The first-order valence-electron chi connectivity index (χ1n) is 5.11. The number of nitrogens with zero attached hydrogens (tertiary/aromatic N) is 1. The molecule has 6 nitrogen and oxygen atoms in total. The van der Waals surface area contributed by atoms with Gasteiger partial charge in [0.15, 0.2) is 0 Å². The number of aromatic nitrogens is 2. The predicted molar refractivity (Wildman–Crippen MR) is 55.5 cm³/mol. The van der Waals surface area contributed by atoms with Gasteiger partial charge in [0.1, 0.15) is 0 Å². The lowest BCUT2D eigenvalue weighted by Gasteiger charge is -2.10. The zero-order valence-electron chi connectivity index (χ0n) is 8.93. The molecule has 0 radical (unpaired) electrons. The summed E-state index contributed by atoms with van der Waals surface area (Å²) in [6.45, 7) is -0.335. The molecular formula is C10H16N2O4. The smallest absolute Gasteiger partial charge is 0.306 e. The minimum atomic E-state index is -0.394. The van der Waals surface area contributed by atoms with E-state index in [0.717, 1.165) is 5.69 Å². The lowest BCUT2D eigenvalue weighted by atomic mass is 10.2. The van der Waals surface area contributed by atoms with Crippen LogP contribution in [-0.4, -0.2) is 46.0 Å². The maximum Gasteiger partial charge on any atom is 0.306 e. The molecule has 1 heterocycles. The van der Waals surface area contributed by atoms with Gasteiger partial charge in [0.05, 0.1) is 38.3 Å². The van der Waals surface area contributed by atoms with Crippen LogP contribution in [0.25, 0.3) is 0 Å². The van der Waals surface area contributed by atoms with E-state index in [1.165, 1.54) is 0 Å². The number of ether oxygens (including phenoxy) is 1. The Morgan fingerprint density at radius 1 is 1.50 bits per heavy atom. The Morgan fingerprint density at radius 3 is 2.81 bits per heavy atom. The number of aromatic amines is 1. The minimum absolute atomic E-state index is 0.0480. The third-order valence-corrected chi connectivity index (χ3v) is 2.14. The van der Waals surface area contributed by atoms with E-state index in [1.807, 2.05) is 0 Å². The summed E-state index contributed by atoms with van der Waals surface area (Å²) in [6, 6.07) is 0. The fraction of sp³-hybridized carbons (Fsp3) is 0.600. The first-order chi connectivity index (χ1) is 7.76. The molecule has 0 saturated carbocycles. The van der Waals surface area contributed by atoms with Crippen LogP contribution in [0.15, 0.2) is 12.5 Å². The number of carbonyl (C=O) groups is 1. The standard InChI is InChI=1S/C10H16N2O4/c13-4-8(5-14)6-16-10(15)2-1-9-3-11-7-12-9/h3,7-8,13-14H,1-2,4-6H2,(H,11,12). The monoisotopic (exact) mass is 228 g/mol. The van der Waals surface area contributed by atoms with Gasteiger partial charge in [-0.3, -0.25) is 4.79 Å². The van der Waals surface area contributed by atoms with Gasteiger partial charge in [0, 0.05) is 18.5 Å². The number of hydrogen-bond donors (Lipinski definition) is 3. The minimum Gasteiger partial charge on any atom is -0.465 e. The molecule has 6 heteroatoms. The molecule has 90 valence electrons. The third kappa shape index (κ3) is 4.41. The molecule has 1 rings (SSSR count). The number of hydrogen-bond acceptors (Lipinski definition) is 5. The summed E-state index contributed by atoms with van der Waals surface area (Å²) in [5.74, 6) is -0.746. The van der Waals surface area contributed by atoms with Crippen molar-refractivity contribution in [1.29, 1.82) is 0 Å². The van der Waals surface area contributed by atoms with Crippen LogP contribution >= 0.6 is 0 Å². The van der Waals surface area contributed by atoms with E-state index in [2.05, 4.69) is 9.97 Å². The summed E-state index contributed by atoms with van der Waals surface area (Å²) in [7, 11) is 0. The molecule has 0 aliphatic carbocycles. The summed E-state index contributed by atoms with van der Waals surface area (Å²) in [5, 5.41) is 17.5. The van der Waals surface area contributed by atoms with Gasteiger partial charge in [-0.1, -0.05) is 0 Å². The quantitative estimate of drug-likeness (QED) is 0.546. The summed E-state index contributed by atoms with van der Waals surface area (Å²) in [6.07, 6.45) is 4.03. The second-order valence-electron chi connectivity index (χ2n) is 3.47. The number of nitrogens with one attached hydrogen (secondary N) is 1. The Labute approximate surface area is 93.3 Å². The number of aryl methyl sites for hydroxylation is 1. The molecule has 0 spiro atoms. The second kappa shape index (κ2) is 6.97. The first kappa shape index (κ1) is 12.7. The maximum absolute atomic E-state index is 11.3. The number of aliphatic hydroxyl groups excluding tert-OH is 2. The van der Waals surface area contributed by atoms with Crippen LogP contribution < -0.4 is 0 Å². The number of H-pyrrole nitrogens is 1. The summed E-state index contributed by atoms with van der Waals surface area (Å²) in [4.78, 5) is 18.0. The predicted octanol–water partition coefficient (Wildman–Crippen LogP) is -0.514. The largest absolute Gasteiger partial charge is 0.465 e. The maximum atomic E-state index is 11.3. The highest BCUT2D eigenvalue weighted by atomic mass is 16.5. The van der Waals surface area contributed by atoms with Crippen LogP contribution in [0.1, 0.15) is 12.1 Å². The topological polar surface area (TPSA) is 95.4 Å². The Bertz CT molecular complexity index is 296. The molecule has 1 aromatic heterocycles. The summed E-state index contributed by atoms with van der Waals surface area (Å²) >= 11 is 0. The third-order valence-electron chi connectivity index (χ3n) is 2.14. The van der Waals surface area contributed by atoms with Crippen molar-refractivity contribution in [2.24, 2.45) is 5.92 Å². The fourth-order valence-corrected chi connectivity index (χ4v) is 1.10. The van der Waals surface area contributed by atoms with Crippen LogP contribution in [0.4, 0.5) is 0 Å². The average molecular weight is 228 g/mol. The van der Waals surface area contributed by atoms with Crippen LogP contribution in [0.5, 0.6) is 0 Å². The van der Waals surface area contributed by atoms with Crippen molar-refractivity contribution in [3.63, 3.8) is 0 Å². The zero-order chi connectivity index (χ0) is 11.8. The molecule has 0 bridgehead atoms. The van der Waals surface area contributed by atoms with Crippen molar-refractivity contribution in [3.8, 4) is 0 Å². The van der Waals surface area contributed by atoms with E-state index >= 15 is 0 Å². The van der Waals surface area contributed by atoms with Crippen molar-refractivity contribution in [2.45, 2.75) is 12.8 Å². The highest BCUT2D eigenvalue weighted by Gasteiger charge is 2.10. The van der Waals surface area contributed by atoms with E-state index in [1.54, 1.807) is 12.5 Å². The molecule has 0 saturated heterocycles. The van der Waals surface area contributed by atoms with Gasteiger partial charge in [0.2, 0.25) is 0 Å². The number of esters is 1. The van der Waals surface area contributed by atoms with Gasteiger partial charge in [-0.2, -0.15) is 0 Å². The zero-order valence-corrected chi connectivity index (χ0v) is 8.93. The molecular weight excluding hydrogens is 212 g/mol. The van der Waals surface area contributed by atoms with Gasteiger partial charge < -0.3 is 19.9 Å². The van der Waals surface area contributed by atoms with Crippen molar-refractivity contribution >= 4 is 5.97 Å². The molecule has 3 N–H and O–H groups in total. The lowest BCUT2D eigenvalue weighted by Crippen LogP contribution is -2.20. The molecule has 1 aromatic rings. The van der Waals surface area contributed by atoms with E-state index in [0.29, 0.717) is 6.42 Å². The molecule has 0 aromatic carbocycles. The molecule has 0 unspecified atom stereocenters. The van der Waals surface area contributed by atoms with Gasteiger partial charge in [0.25, 0.3) is 0 Å². The molecule has 16 heavy (non-hydrogen) atoms. The molecule has 0 aliphatic heterocycles. The van der Waals surface area contributed by atoms with Crippen molar-refractivity contribution in [1.82, 2.24) is 9.97 Å². The molecule has 0 atom stereocenters. The Kier molecular flexibility index (Phi) is 5.52. The summed E-state index contributed by atoms with van der Waals surface area (Å²) < 4.78 is 4.89. The first-order valence-corrected chi connectivity index (χ1v) is 5.11.